The van der Waals surface area contributed by atoms with Gasteiger partial charge in [0.05, 0.1) is 17.7 Å². The van der Waals surface area contributed by atoms with Crippen molar-refractivity contribution in [3.05, 3.63) is 0 Å². The van der Waals surface area contributed by atoms with E-state index in [0.717, 1.165) is 24.7 Å². The molecule has 0 bridgehead atoms. The second-order valence-corrected chi connectivity index (χ2v) is 12.1. The fourth-order valence-corrected chi connectivity index (χ4v) is 3.61. The van der Waals surface area contributed by atoms with E-state index in [1.54, 1.807) is 0 Å². The van der Waals surface area contributed by atoms with Gasteiger partial charge in [-0.05, 0) is 65.0 Å². The van der Waals surface area contributed by atoms with Crippen LogP contribution in [0.3, 0.4) is 0 Å². The largest absolute Gasteiger partial charge is 0.210 e. The van der Waals surface area contributed by atoms with Gasteiger partial charge in [-0.15, -0.1) is 9.98 Å². The average Bonchev–Trinajstić information content (AvgIpc) is 2.71. The summed E-state index contributed by atoms with van der Waals surface area (Å²) in [7, 11) is 0. The van der Waals surface area contributed by atoms with Crippen LogP contribution in [0.4, 0.5) is 0 Å². The summed E-state index contributed by atoms with van der Waals surface area (Å²) in [6.45, 7) is 19.4. The number of nitrogens with zero attached hydrogens (tertiary/aromatic N) is 1. The first-order chi connectivity index (χ1) is 15.4. The zero-order chi connectivity index (χ0) is 25.2. The molecule has 0 amide bonds. The molecule has 5 nitrogen and oxygen atoms in total. The van der Waals surface area contributed by atoms with Crippen LogP contribution in [0, 0.1) is 11.8 Å². The van der Waals surface area contributed by atoms with Gasteiger partial charge in [0.2, 0.25) is 0 Å². The lowest BCUT2D eigenvalue weighted by Gasteiger charge is -2.26. The normalized spacial score (nSPS) is 14.7. The maximum Gasteiger partial charge on any atom is 0.0973 e. The maximum atomic E-state index is 5.38. The van der Waals surface area contributed by atoms with Gasteiger partial charge in [0, 0.05) is 0 Å². The number of hydrogen-bond donors (Lipinski definition) is 0. The van der Waals surface area contributed by atoms with Gasteiger partial charge < -0.3 is 0 Å². The highest BCUT2D eigenvalue weighted by Crippen LogP contribution is 2.22. The van der Waals surface area contributed by atoms with Gasteiger partial charge in [-0.1, -0.05) is 104 Å². The first-order valence-electron chi connectivity index (χ1n) is 13.9. The molecule has 0 saturated carbocycles. The highest BCUT2D eigenvalue weighted by atomic mass is 17.4. The number of rotatable bonds is 21. The maximum absolute atomic E-state index is 5.38. The molecule has 0 aliphatic heterocycles. The van der Waals surface area contributed by atoms with E-state index in [2.05, 4.69) is 20.8 Å². The van der Waals surface area contributed by atoms with Gasteiger partial charge in [-0.25, -0.2) is 9.78 Å². The predicted molar refractivity (Wildman–Crippen MR) is 139 cm³/mol. The van der Waals surface area contributed by atoms with Gasteiger partial charge in [0.1, 0.15) is 0 Å². The molecule has 0 aromatic rings. The van der Waals surface area contributed by atoms with E-state index in [-0.39, 0.29) is 0 Å². The second kappa shape index (κ2) is 19.0. The van der Waals surface area contributed by atoms with Gasteiger partial charge in [0.25, 0.3) is 0 Å². The van der Waals surface area contributed by atoms with Gasteiger partial charge in [0.15, 0.2) is 0 Å². The van der Waals surface area contributed by atoms with Crippen LogP contribution in [-0.4, -0.2) is 23.0 Å². The molecule has 0 aromatic carbocycles. The Labute approximate surface area is 207 Å². The van der Waals surface area contributed by atoms with E-state index in [4.69, 9.17) is 19.8 Å². The Bertz CT molecular complexity index is 413. The van der Waals surface area contributed by atoms with Gasteiger partial charge >= 0.3 is 0 Å². The van der Waals surface area contributed by atoms with E-state index in [0.29, 0.717) is 6.54 Å². The van der Waals surface area contributed by atoms with Crippen molar-refractivity contribution in [3.8, 4) is 0 Å². The van der Waals surface area contributed by atoms with E-state index >= 15 is 0 Å². The molecular formula is C28H59NO4. The smallest absolute Gasteiger partial charge is 0.0973 e. The minimum absolute atomic E-state index is 0.410. The molecule has 0 N–H and O–H groups in total. The van der Waals surface area contributed by atoms with E-state index in [9.17, 15) is 0 Å². The molecule has 200 valence electrons. The Morgan fingerprint density at radius 2 is 0.939 bits per heavy atom. The van der Waals surface area contributed by atoms with Crippen molar-refractivity contribution in [2.75, 3.05) is 6.54 Å². The topological polar surface area (TPSA) is 40.2 Å². The molecular weight excluding hydrogens is 414 g/mol. The minimum Gasteiger partial charge on any atom is -0.210 e. The third-order valence-electron chi connectivity index (χ3n) is 5.73. The van der Waals surface area contributed by atoms with Crippen LogP contribution >= 0.6 is 0 Å². The van der Waals surface area contributed by atoms with Crippen molar-refractivity contribution in [1.29, 1.82) is 0 Å². The van der Waals surface area contributed by atoms with Gasteiger partial charge in [-0.2, -0.15) is 0 Å². The Balaban J connectivity index is 3.83. The molecule has 0 fully saturated rings. The molecule has 0 radical (unpaired) electrons. The van der Waals surface area contributed by atoms with Crippen molar-refractivity contribution in [2.24, 2.45) is 11.8 Å². The molecule has 0 aromatic heterocycles. The van der Waals surface area contributed by atoms with Crippen molar-refractivity contribution < 1.29 is 19.8 Å². The summed E-state index contributed by atoms with van der Waals surface area (Å²) >= 11 is 0. The Morgan fingerprint density at radius 3 is 1.36 bits per heavy atom. The first kappa shape index (κ1) is 32.8. The van der Waals surface area contributed by atoms with Gasteiger partial charge in [-0.3, -0.25) is 0 Å². The molecule has 5 heteroatoms. The number of hydroxylamine groups is 2. The molecule has 0 aliphatic rings. The van der Waals surface area contributed by atoms with Crippen molar-refractivity contribution in [2.45, 2.75) is 163 Å². The quantitative estimate of drug-likeness (QED) is 0.0943. The Kier molecular flexibility index (Phi) is 18.9. The summed E-state index contributed by atoms with van der Waals surface area (Å²) in [5, 5.41) is 1.31. The Hall–Kier alpha value is -0.200. The summed E-state index contributed by atoms with van der Waals surface area (Å²) in [6.07, 6.45) is 18.6. The molecule has 0 rings (SSSR count). The summed E-state index contributed by atoms with van der Waals surface area (Å²) < 4.78 is 0. The third kappa shape index (κ3) is 24.7. The fraction of sp³-hybridized carbons (Fsp3) is 1.00. The van der Waals surface area contributed by atoms with E-state index in [1.807, 2.05) is 41.5 Å². The lowest BCUT2D eigenvalue weighted by molar-refractivity contribution is -0.625. The average molecular weight is 474 g/mol. The molecule has 0 aliphatic carbocycles. The highest BCUT2D eigenvalue weighted by molar-refractivity contribution is 4.60. The van der Waals surface area contributed by atoms with E-state index in [1.165, 1.54) is 82.3 Å². The standard InChI is InChI=1S/C28H59NO4/c1-10-11-12-14-17-20-25(2)22-23-26(3)21-18-15-13-16-19-24-29(32-30-27(4,5)6)33-31-28(7,8)9/h25-26H,10-24H2,1-9H3. The summed E-state index contributed by atoms with van der Waals surface area (Å²) in [4.78, 5) is 21.4. The van der Waals surface area contributed by atoms with Crippen LogP contribution in [0.5, 0.6) is 0 Å². The summed E-state index contributed by atoms with van der Waals surface area (Å²) in [5.41, 5.74) is -0.821. The molecule has 33 heavy (non-hydrogen) atoms. The lowest BCUT2D eigenvalue weighted by atomic mass is 9.91. The molecule has 0 spiro atoms. The van der Waals surface area contributed by atoms with Crippen LogP contribution in [0.2, 0.25) is 0 Å². The first-order valence-corrected chi connectivity index (χ1v) is 13.9. The van der Waals surface area contributed by atoms with Crippen LogP contribution in [0.1, 0.15) is 152 Å². The van der Waals surface area contributed by atoms with Crippen LogP contribution in [-0.2, 0) is 19.8 Å². The van der Waals surface area contributed by atoms with Crippen LogP contribution in [0.25, 0.3) is 0 Å². The minimum atomic E-state index is -0.410. The summed E-state index contributed by atoms with van der Waals surface area (Å²) in [5.74, 6) is 1.75. The molecule has 2 atom stereocenters. The summed E-state index contributed by atoms with van der Waals surface area (Å²) in [6, 6.07) is 0. The van der Waals surface area contributed by atoms with Crippen molar-refractivity contribution >= 4 is 0 Å². The molecule has 0 heterocycles. The molecule has 2 unspecified atom stereocenters. The number of hydrogen-bond acceptors (Lipinski definition) is 5. The van der Waals surface area contributed by atoms with Crippen LogP contribution < -0.4 is 0 Å². The Morgan fingerprint density at radius 1 is 0.545 bits per heavy atom. The third-order valence-corrected chi connectivity index (χ3v) is 5.73. The second-order valence-electron chi connectivity index (χ2n) is 12.1. The van der Waals surface area contributed by atoms with E-state index < -0.39 is 11.2 Å². The lowest BCUT2D eigenvalue weighted by Crippen LogP contribution is -2.34. The predicted octanol–water partition coefficient (Wildman–Crippen LogP) is 9.37. The zero-order valence-electron chi connectivity index (χ0n) is 23.8. The SMILES string of the molecule is CCCCCCCC(C)CCC(C)CCCCCCCN(OOC(C)(C)C)OOC(C)(C)C. The van der Waals surface area contributed by atoms with Crippen molar-refractivity contribution in [1.82, 2.24) is 5.23 Å². The number of unbranched alkanes of at least 4 members (excludes halogenated alkanes) is 8. The van der Waals surface area contributed by atoms with Crippen LogP contribution in [0.15, 0.2) is 0 Å². The van der Waals surface area contributed by atoms with Crippen molar-refractivity contribution in [3.63, 3.8) is 0 Å². The highest BCUT2D eigenvalue weighted by Gasteiger charge is 2.20. The zero-order valence-corrected chi connectivity index (χ0v) is 23.8. The monoisotopic (exact) mass is 473 g/mol. The molecule has 0 saturated heterocycles. The fourth-order valence-electron chi connectivity index (χ4n) is 3.61.